The van der Waals surface area contributed by atoms with E-state index in [1.165, 1.54) is 28.5 Å². The zero-order valence-corrected chi connectivity index (χ0v) is 14.3. The Bertz CT molecular complexity index is 990. The lowest BCUT2D eigenvalue weighted by atomic mass is 9.83. The predicted octanol–water partition coefficient (Wildman–Crippen LogP) is 3.62. The van der Waals surface area contributed by atoms with Crippen LogP contribution in [0, 0.1) is 5.92 Å². The van der Waals surface area contributed by atoms with Crippen molar-refractivity contribution in [3.05, 3.63) is 82.3 Å². The van der Waals surface area contributed by atoms with Gasteiger partial charge in [0.15, 0.2) is 0 Å². The zero-order valence-electron chi connectivity index (χ0n) is 14.3. The number of nitrogens with zero attached hydrogens (tertiary/aromatic N) is 2. The molecule has 3 aromatic rings. The summed E-state index contributed by atoms with van der Waals surface area (Å²) in [7, 11) is 0. The number of benzene rings is 2. The van der Waals surface area contributed by atoms with Gasteiger partial charge in [-0.2, -0.15) is 0 Å². The molecule has 5 rings (SSSR count). The van der Waals surface area contributed by atoms with Crippen molar-refractivity contribution >= 4 is 10.8 Å². The summed E-state index contributed by atoms with van der Waals surface area (Å²) in [5, 5.41) is 2.61. The minimum absolute atomic E-state index is 0.162. The maximum Gasteiger partial charge on any atom is 0.250 e. The van der Waals surface area contributed by atoms with Gasteiger partial charge in [-0.15, -0.1) is 0 Å². The van der Waals surface area contributed by atoms with Gasteiger partial charge in [-0.3, -0.25) is 9.69 Å². The molecular weight excluding hydrogens is 308 g/mol. The summed E-state index contributed by atoms with van der Waals surface area (Å²) in [5.74, 6) is 1.08. The largest absolute Gasteiger partial charge is 0.312 e. The second-order valence-corrected chi connectivity index (χ2v) is 7.57. The van der Waals surface area contributed by atoms with E-state index < -0.39 is 0 Å². The minimum atomic E-state index is 0.162. The Morgan fingerprint density at radius 3 is 2.68 bits per heavy atom. The number of piperidine rings is 1. The molecule has 25 heavy (non-hydrogen) atoms. The smallest absolute Gasteiger partial charge is 0.250 e. The van der Waals surface area contributed by atoms with E-state index in [9.17, 15) is 4.79 Å². The minimum Gasteiger partial charge on any atom is -0.312 e. The van der Waals surface area contributed by atoms with Gasteiger partial charge in [-0.1, -0.05) is 42.5 Å². The predicted molar refractivity (Wildman–Crippen MR) is 101 cm³/mol. The Labute approximate surface area is 147 Å². The molecule has 0 aliphatic carbocycles. The van der Waals surface area contributed by atoms with E-state index in [4.69, 9.17) is 0 Å². The maximum atomic E-state index is 12.1. The van der Waals surface area contributed by atoms with E-state index in [1.807, 2.05) is 10.6 Å². The highest BCUT2D eigenvalue weighted by Crippen LogP contribution is 2.35. The van der Waals surface area contributed by atoms with Crippen LogP contribution in [-0.2, 0) is 13.1 Å². The van der Waals surface area contributed by atoms with Gasteiger partial charge >= 0.3 is 0 Å². The molecule has 0 saturated carbocycles. The van der Waals surface area contributed by atoms with Crippen LogP contribution in [0.25, 0.3) is 10.8 Å². The van der Waals surface area contributed by atoms with Crippen LogP contribution in [0.5, 0.6) is 0 Å². The topological polar surface area (TPSA) is 25.2 Å². The number of pyridine rings is 1. The summed E-state index contributed by atoms with van der Waals surface area (Å²) in [5.41, 5.74) is 2.77. The van der Waals surface area contributed by atoms with Gasteiger partial charge in [0, 0.05) is 43.9 Å². The second kappa shape index (κ2) is 5.85. The standard InChI is InChI=1S/C22H22N2O/c25-22-7-3-6-21-20-11-17(14-24(21)22)13-23(15-20)12-16-8-9-18-4-1-2-5-19(18)10-16/h1-10,17,20H,11-15H2/t17-,20+/m0/s1. The number of hydrogen-bond donors (Lipinski definition) is 0. The van der Waals surface area contributed by atoms with Crippen LogP contribution in [0.1, 0.15) is 23.6 Å². The molecule has 0 spiro atoms. The molecule has 2 aliphatic rings. The first-order chi connectivity index (χ1) is 12.3. The highest BCUT2D eigenvalue weighted by molar-refractivity contribution is 5.82. The van der Waals surface area contributed by atoms with Crippen LogP contribution in [-0.4, -0.2) is 22.6 Å². The van der Waals surface area contributed by atoms with Gasteiger partial charge < -0.3 is 4.57 Å². The molecule has 0 radical (unpaired) electrons. The number of hydrogen-bond acceptors (Lipinski definition) is 2. The Morgan fingerprint density at radius 2 is 1.76 bits per heavy atom. The average molecular weight is 330 g/mol. The van der Waals surface area contributed by atoms with Gasteiger partial charge in [-0.25, -0.2) is 0 Å². The fourth-order valence-corrected chi connectivity index (χ4v) is 4.72. The average Bonchev–Trinajstić information content (AvgIpc) is 2.63. The molecule has 1 aromatic heterocycles. The Hall–Kier alpha value is -2.39. The first kappa shape index (κ1) is 14.9. The summed E-state index contributed by atoms with van der Waals surface area (Å²) >= 11 is 0. The molecule has 2 aromatic carbocycles. The first-order valence-electron chi connectivity index (χ1n) is 9.16. The van der Waals surface area contributed by atoms with E-state index in [-0.39, 0.29) is 5.56 Å². The molecule has 1 fully saturated rings. The van der Waals surface area contributed by atoms with E-state index in [1.54, 1.807) is 6.07 Å². The highest BCUT2D eigenvalue weighted by Gasteiger charge is 2.34. The summed E-state index contributed by atoms with van der Waals surface area (Å²) < 4.78 is 2.01. The lowest BCUT2D eigenvalue weighted by Crippen LogP contribution is -2.46. The molecule has 3 heterocycles. The van der Waals surface area contributed by atoms with Crippen molar-refractivity contribution in [2.45, 2.75) is 25.4 Å². The molecule has 0 unspecified atom stereocenters. The highest BCUT2D eigenvalue weighted by atomic mass is 16.1. The third kappa shape index (κ3) is 2.69. The van der Waals surface area contributed by atoms with Gasteiger partial charge in [0.25, 0.3) is 5.56 Å². The lowest BCUT2D eigenvalue weighted by molar-refractivity contribution is 0.114. The van der Waals surface area contributed by atoms with Gasteiger partial charge in [-0.05, 0) is 40.8 Å². The third-order valence-electron chi connectivity index (χ3n) is 5.78. The molecule has 2 aliphatic heterocycles. The number of fused-ring (bicyclic) bond motifs is 5. The summed E-state index contributed by atoms with van der Waals surface area (Å²) in [6, 6.07) is 21.1. The normalized spacial score (nSPS) is 22.7. The summed E-state index contributed by atoms with van der Waals surface area (Å²) in [6.07, 6.45) is 1.22. The van der Waals surface area contributed by atoms with Crippen LogP contribution in [0.4, 0.5) is 0 Å². The fourth-order valence-electron chi connectivity index (χ4n) is 4.72. The van der Waals surface area contributed by atoms with E-state index in [0.717, 1.165) is 26.2 Å². The monoisotopic (exact) mass is 330 g/mol. The summed E-state index contributed by atoms with van der Waals surface area (Å²) in [6.45, 7) is 4.01. The molecule has 3 nitrogen and oxygen atoms in total. The molecule has 0 amide bonds. The van der Waals surface area contributed by atoms with Crippen molar-refractivity contribution < 1.29 is 0 Å². The molecule has 126 valence electrons. The van der Waals surface area contributed by atoms with Gasteiger partial charge in [0.05, 0.1) is 0 Å². The first-order valence-corrected chi connectivity index (χ1v) is 9.16. The SMILES string of the molecule is O=c1cccc2n1C[C@H]1C[C@@H]2CN(Cc2ccc3ccccc3c2)C1. The Balaban J connectivity index is 1.40. The van der Waals surface area contributed by atoms with Crippen LogP contribution in [0.2, 0.25) is 0 Å². The van der Waals surface area contributed by atoms with Crippen LogP contribution in [0.3, 0.4) is 0 Å². The van der Waals surface area contributed by atoms with Crippen molar-refractivity contribution in [1.29, 1.82) is 0 Å². The van der Waals surface area contributed by atoms with Crippen molar-refractivity contribution in [1.82, 2.24) is 9.47 Å². The molecule has 1 saturated heterocycles. The van der Waals surface area contributed by atoms with Crippen molar-refractivity contribution in [3.8, 4) is 0 Å². The van der Waals surface area contributed by atoms with Crippen molar-refractivity contribution in [2.24, 2.45) is 5.92 Å². The third-order valence-corrected chi connectivity index (χ3v) is 5.78. The van der Waals surface area contributed by atoms with Gasteiger partial charge in [0.2, 0.25) is 0 Å². The summed E-state index contributed by atoms with van der Waals surface area (Å²) in [4.78, 5) is 14.7. The molecule has 2 atom stereocenters. The van der Waals surface area contributed by atoms with E-state index in [0.29, 0.717) is 11.8 Å². The van der Waals surface area contributed by atoms with Crippen molar-refractivity contribution in [2.75, 3.05) is 13.1 Å². The second-order valence-electron chi connectivity index (χ2n) is 7.57. The quantitative estimate of drug-likeness (QED) is 0.717. The Kier molecular flexibility index (Phi) is 3.49. The van der Waals surface area contributed by atoms with Crippen LogP contribution >= 0.6 is 0 Å². The molecular formula is C22H22N2O. The molecule has 0 N–H and O–H groups in total. The van der Waals surface area contributed by atoms with Crippen molar-refractivity contribution in [3.63, 3.8) is 0 Å². The molecule has 2 bridgehead atoms. The van der Waals surface area contributed by atoms with E-state index >= 15 is 0 Å². The van der Waals surface area contributed by atoms with Crippen LogP contribution < -0.4 is 5.56 Å². The maximum absolute atomic E-state index is 12.1. The van der Waals surface area contributed by atoms with E-state index in [2.05, 4.69) is 53.4 Å². The number of likely N-dealkylation sites (tertiary alicyclic amines) is 1. The fraction of sp³-hybridized carbons (Fsp3) is 0.318. The van der Waals surface area contributed by atoms with Crippen LogP contribution in [0.15, 0.2) is 65.5 Å². The number of aromatic nitrogens is 1. The molecule has 3 heteroatoms. The lowest BCUT2D eigenvalue weighted by Gasteiger charge is -2.42. The zero-order chi connectivity index (χ0) is 16.8. The van der Waals surface area contributed by atoms with Gasteiger partial charge in [0.1, 0.15) is 0 Å². The number of rotatable bonds is 2. The Morgan fingerprint density at radius 1 is 0.880 bits per heavy atom.